The molecule has 0 fully saturated rings. The Morgan fingerprint density at radius 2 is 1.93 bits per heavy atom. The van der Waals surface area contributed by atoms with E-state index < -0.39 is 12.0 Å². The number of halogens is 3. The third kappa shape index (κ3) is 3.58. The Labute approximate surface area is 89.3 Å². The van der Waals surface area contributed by atoms with Gasteiger partial charge < -0.3 is 5.73 Å². The van der Waals surface area contributed by atoms with Crippen LogP contribution in [0.2, 0.25) is 0 Å². The van der Waals surface area contributed by atoms with Crippen LogP contribution >= 0.6 is 11.8 Å². The van der Waals surface area contributed by atoms with Gasteiger partial charge in [-0.2, -0.15) is 13.2 Å². The molecule has 0 atom stereocenters. The van der Waals surface area contributed by atoms with Gasteiger partial charge in [0.05, 0.1) is 0 Å². The number of anilines is 1. The summed E-state index contributed by atoms with van der Waals surface area (Å²) in [5, 5.41) is 0.380. The Kier molecular flexibility index (Phi) is 3.43. The summed E-state index contributed by atoms with van der Waals surface area (Å²) in [6.07, 6.45) is -4.55. The van der Waals surface area contributed by atoms with Gasteiger partial charge in [0, 0.05) is 11.3 Å². The number of nitrogens with two attached hydrogens (primary N) is 1. The highest BCUT2D eigenvalue weighted by Gasteiger charge is 2.35. The quantitative estimate of drug-likeness (QED) is 0.634. The molecule has 0 aromatic carbocycles. The maximum Gasteiger partial charge on any atom is 0.451 e. The molecule has 15 heavy (non-hydrogen) atoms. The summed E-state index contributed by atoms with van der Waals surface area (Å²) in [5.41, 5.74) is 5.27. The Hall–Kier alpha value is -0.980. The van der Waals surface area contributed by atoms with Crippen molar-refractivity contribution in [1.29, 1.82) is 0 Å². The second-order valence-corrected chi connectivity index (χ2v) is 4.72. The maximum absolute atomic E-state index is 12.3. The van der Waals surface area contributed by atoms with Gasteiger partial charge in [0.25, 0.3) is 0 Å². The lowest BCUT2D eigenvalue weighted by molar-refractivity contribution is -0.145. The lowest BCUT2D eigenvalue weighted by atomic mass is 10.5. The van der Waals surface area contributed by atoms with Crippen molar-refractivity contribution in [3.8, 4) is 0 Å². The fraction of sp³-hybridized carbons (Fsp3) is 0.500. The number of aromatic nitrogens is 2. The second kappa shape index (κ2) is 4.26. The first-order chi connectivity index (χ1) is 6.79. The summed E-state index contributed by atoms with van der Waals surface area (Å²) in [5.74, 6) is -1.36. The summed E-state index contributed by atoms with van der Waals surface area (Å²) in [6.45, 7) is 3.71. The maximum atomic E-state index is 12.3. The van der Waals surface area contributed by atoms with Crippen molar-refractivity contribution in [2.45, 2.75) is 30.3 Å². The third-order valence-electron chi connectivity index (χ3n) is 1.33. The topological polar surface area (TPSA) is 51.8 Å². The molecule has 0 aliphatic rings. The largest absolute Gasteiger partial charge is 0.451 e. The van der Waals surface area contributed by atoms with Gasteiger partial charge in [0.1, 0.15) is 10.8 Å². The summed E-state index contributed by atoms with van der Waals surface area (Å²) < 4.78 is 36.9. The van der Waals surface area contributed by atoms with E-state index in [0.29, 0.717) is 0 Å². The smallest absolute Gasteiger partial charge is 0.384 e. The lowest BCUT2D eigenvalue weighted by Crippen LogP contribution is -2.13. The molecule has 0 saturated heterocycles. The zero-order chi connectivity index (χ0) is 11.6. The zero-order valence-electron chi connectivity index (χ0n) is 8.17. The molecule has 0 amide bonds. The van der Waals surface area contributed by atoms with Crippen LogP contribution in [0.4, 0.5) is 19.0 Å². The van der Waals surface area contributed by atoms with Crippen LogP contribution < -0.4 is 5.73 Å². The summed E-state index contributed by atoms with van der Waals surface area (Å²) >= 11 is 1.21. The van der Waals surface area contributed by atoms with Crippen LogP contribution in [0.15, 0.2) is 11.1 Å². The van der Waals surface area contributed by atoms with E-state index in [0.717, 1.165) is 0 Å². The van der Waals surface area contributed by atoms with E-state index in [1.54, 1.807) is 0 Å². The number of nitrogens with zero attached hydrogens (tertiary/aromatic N) is 2. The zero-order valence-corrected chi connectivity index (χ0v) is 8.99. The molecule has 0 spiro atoms. The molecule has 1 aromatic heterocycles. The Balaban J connectivity index is 3.06. The van der Waals surface area contributed by atoms with Gasteiger partial charge in [-0.15, -0.1) is 11.8 Å². The van der Waals surface area contributed by atoms with E-state index in [-0.39, 0.29) is 16.1 Å². The standard InChI is InChI=1S/C8H10F3N3S/c1-4(2)15-6-3-5(12)13-7(14-6)8(9,10)11/h3-4H,1-2H3,(H2,12,13,14). The SMILES string of the molecule is CC(C)Sc1cc(N)nc(C(F)(F)F)n1. The van der Waals surface area contributed by atoms with Crippen LogP contribution in [0.3, 0.4) is 0 Å². The molecule has 0 aliphatic heterocycles. The molecule has 0 aliphatic carbocycles. The van der Waals surface area contributed by atoms with Gasteiger partial charge in [0.15, 0.2) is 0 Å². The van der Waals surface area contributed by atoms with Crippen LogP contribution in [0, 0.1) is 0 Å². The van der Waals surface area contributed by atoms with Crippen LogP contribution in [0.1, 0.15) is 19.7 Å². The minimum absolute atomic E-state index is 0.139. The van der Waals surface area contributed by atoms with Gasteiger partial charge in [-0.05, 0) is 0 Å². The first kappa shape index (κ1) is 12.1. The van der Waals surface area contributed by atoms with E-state index in [9.17, 15) is 13.2 Å². The summed E-state index contributed by atoms with van der Waals surface area (Å²) in [7, 11) is 0. The molecule has 1 rings (SSSR count). The summed E-state index contributed by atoms with van der Waals surface area (Å²) in [6, 6.07) is 1.33. The average Bonchev–Trinajstić information content (AvgIpc) is 1.99. The van der Waals surface area contributed by atoms with E-state index in [4.69, 9.17) is 5.73 Å². The number of nitrogen functional groups attached to an aromatic ring is 1. The fourth-order valence-electron chi connectivity index (χ4n) is 0.871. The fourth-order valence-corrected chi connectivity index (χ4v) is 1.68. The van der Waals surface area contributed by atoms with E-state index >= 15 is 0 Å². The van der Waals surface area contributed by atoms with Crippen LogP contribution in [0.25, 0.3) is 0 Å². The predicted molar refractivity (Wildman–Crippen MR) is 52.4 cm³/mol. The van der Waals surface area contributed by atoms with Crippen molar-refractivity contribution < 1.29 is 13.2 Å². The van der Waals surface area contributed by atoms with Crippen LogP contribution in [-0.2, 0) is 6.18 Å². The van der Waals surface area contributed by atoms with Gasteiger partial charge in [0.2, 0.25) is 5.82 Å². The monoisotopic (exact) mass is 237 g/mol. The van der Waals surface area contributed by atoms with Gasteiger partial charge in [-0.1, -0.05) is 13.8 Å². The van der Waals surface area contributed by atoms with E-state index in [2.05, 4.69) is 9.97 Å². The van der Waals surface area contributed by atoms with Gasteiger partial charge in [-0.3, -0.25) is 0 Å². The van der Waals surface area contributed by atoms with E-state index in [1.807, 2.05) is 13.8 Å². The number of alkyl halides is 3. The molecule has 0 radical (unpaired) electrons. The molecule has 2 N–H and O–H groups in total. The van der Waals surface area contributed by atoms with Crippen molar-refractivity contribution in [2.75, 3.05) is 5.73 Å². The number of hydrogen-bond acceptors (Lipinski definition) is 4. The first-order valence-corrected chi connectivity index (χ1v) is 5.05. The molecule has 84 valence electrons. The second-order valence-electron chi connectivity index (χ2n) is 3.12. The molecule has 1 aromatic rings. The Morgan fingerprint density at radius 1 is 1.33 bits per heavy atom. The van der Waals surface area contributed by atoms with Crippen molar-refractivity contribution in [3.05, 3.63) is 11.9 Å². The molecule has 7 heteroatoms. The van der Waals surface area contributed by atoms with E-state index in [1.165, 1.54) is 17.8 Å². The van der Waals surface area contributed by atoms with Crippen molar-refractivity contribution in [1.82, 2.24) is 9.97 Å². The molecule has 1 heterocycles. The highest BCUT2D eigenvalue weighted by Crippen LogP contribution is 2.29. The highest BCUT2D eigenvalue weighted by molar-refractivity contribution is 7.99. The third-order valence-corrected chi connectivity index (χ3v) is 2.25. The predicted octanol–water partition coefficient (Wildman–Crippen LogP) is 2.58. The molecule has 0 saturated carbocycles. The van der Waals surface area contributed by atoms with Crippen molar-refractivity contribution in [2.24, 2.45) is 0 Å². The highest BCUT2D eigenvalue weighted by atomic mass is 32.2. The van der Waals surface area contributed by atoms with Crippen LogP contribution in [0.5, 0.6) is 0 Å². The Bertz CT molecular complexity index is 351. The molecular formula is C8H10F3N3S. The van der Waals surface area contributed by atoms with Crippen molar-refractivity contribution >= 4 is 17.6 Å². The average molecular weight is 237 g/mol. The number of rotatable bonds is 2. The van der Waals surface area contributed by atoms with Crippen molar-refractivity contribution in [3.63, 3.8) is 0 Å². The van der Waals surface area contributed by atoms with Crippen LogP contribution in [-0.4, -0.2) is 15.2 Å². The molecule has 3 nitrogen and oxygen atoms in total. The lowest BCUT2D eigenvalue weighted by Gasteiger charge is -2.09. The first-order valence-electron chi connectivity index (χ1n) is 4.17. The Morgan fingerprint density at radius 3 is 2.40 bits per heavy atom. The summed E-state index contributed by atoms with van der Waals surface area (Å²) in [4.78, 5) is 6.53. The molecular weight excluding hydrogens is 227 g/mol. The minimum Gasteiger partial charge on any atom is -0.384 e. The van der Waals surface area contributed by atoms with Gasteiger partial charge in [-0.25, -0.2) is 9.97 Å². The minimum atomic E-state index is -4.55. The normalized spacial score (nSPS) is 12.1. The molecule has 0 unspecified atom stereocenters. The number of thioether (sulfide) groups is 1. The number of hydrogen-bond donors (Lipinski definition) is 1. The molecule has 0 bridgehead atoms. The van der Waals surface area contributed by atoms with Gasteiger partial charge >= 0.3 is 6.18 Å².